The largest absolute Gasteiger partial charge is 0.366 e. The number of piperazine rings is 1. The van der Waals surface area contributed by atoms with Crippen molar-refractivity contribution in [3.63, 3.8) is 0 Å². The van der Waals surface area contributed by atoms with Gasteiger partial charge in [-0.15, -0.1) is 0 Å². The van der Waals surface area contributed by atoms with Crippen LogP contribution in [0.15, 0.2) is 29.2 Å². The molecule has 2 heterocycles. The predicted molar refractivity (Wildman–Crippen MR) is 108 cm³/mol. The molecule has 11 heteroatoms. The van der Waals surface area contributed by atoms with Gasteiger partial charge in [0.2, 0.25) is 5.91 Å². The van der Waals surface area contributed by atoms with E-state index >= 15 is 0 Å². The number of nitrogens with zero attached hydrogens (tertiary/aromatic N) is 4. The molecule has 1 aromatic carbocycles. The Morgan fingerprint density at radius 1 is 1.27 bits per heavy atom. The summed E-state index contributed by atoms with van der Waals surface area (Å²) in [6.07, 6.45) is -1.40. The number of alkyl halides is 2. The molecule has 0 aliphatic carbocycles. The minimum Gasteiger partial charge on any atom is -0.366 e. The van der Waals surface area contributed by atoms with E-state index in [-0.39, 0.29) is 23.3 Å². The van der Waals surface area contributed by atoms with E-state index in [9.17, 15) is 22.8 Å². The lowest BCUT2D eigenvalue weighted by molar-refractivity contribution is -0.117. The summed E-state index contributed by atoms with van der Waals surface area (Å²) in [5, 5.41) is 6.29. The maximum absolute atomic E-state index is 13.6. The third-order valence-electron chi connectivity index (χ3n) is 4.81. The summed E-state index contributed by atoms with van der Waals surface area (Å²) >= 11 is 6.08. The second-order valence-electron chi connectivity index (χ2n) is 7.00. The van der Waals surface area contributed by atoms with Crippen LogP contribution < -0.4 is 15.8 Å². The van der Waals surface area contributed by atoms with Crippen LogP contribution in [-0.4, -0.2) is 59.7 Å². The van der Waals surface area contributed by atoms with Crippen LogP contribution in [0, 0.1) is 12.7 Å². The van der Waals surface area contributed by atoms with Crippen LogP contribution in [-0.2, 0) is 11.3 Å². The second-order valence-corrected chi connectivity index (χ2v) is 7.38. The van der Waals surface area contributed by atoms with Gasteiger partial charge in [0, 0.05) is 31.9 Å². The molecule has 0 atom stereocenters. The van der Waals surface area contributed by atoms with Gasteiger partial charge in [0.1, 0.15) is 17.4 Å². The van der Waals surface area contributed by atoms with E-state index in [1.54, 1.807) is 19.1 Å². The van der Waals surface area contributed by atoms with Crippen molar-refractivity contribution in [1.82, 2.24) is 14.7 Å². The molecule has 1 fully saturated rings. The topological polar surface area (TPSA) is 70.5 Å². The summed E-state index contributed by atoms with van der Waals surface area (Å²) in [4.78, 5) is 28.1. The first kappa shape index (κ1) is 22.1. The molecule has 162 valence electrons. The number of benzene rings is 1. The quantitative estimate of drug-likeness (QED) is 0.742. The van der Waals surface area contributed by atoms with Crippen LogP contribution in [0.1, 0.15) is 5.56 Å². The van der Waals surface area contributed by atoms with Gasteiger partial charge in [-0.25, -0.2) is 17.9 Å². The highest BCUT2D eigenvalue weighted by Gasteiger charge is 2.23. The van der Waals surface area contributed by atoms with Crippen molar-refractivity contribution in [2.75, 3.05) is 42.9 Å². The van der Waals surface area contributed by atoms with E-state index in [0.717, 1.165) is 0 Å². The van der Waals surface area contributed by atoms with Crippen molar-refractivity contribution >= 4 is 28.9 Å². The summed E-state index contributed by atoms with van der Waals surface area (Å²) in [6.45, 7) is 2.96. The Hall–Kier alpha value is -2.59. The summed E-state index contributed by atoms with van der Waals surface area (Å²) in [5.41, 5.74) is 0.510. The number of aryl methyl sites for hydroxylation is 1. The Balaban J connectivity index is 1.55. The highest BCUT2D eigenvalue weighted by molar-refractivity contribution is 6.33. The van der Waals surface area contributed by atoms with Gasteiger partial charge in [-0.1, -0.05) is 17.7 Å². The average molecular weight is 444 g/mol. The second kappa shape index (κ2) is 9.48. The number of carbonyl (C=O) groups is 1. The molecule has 7 nitrogen and oxygen atoms in total. The number of aromatic nitrogens is 2. The maximum Gasteiger partial charge on any atom is 0.287 e. The minimum absolute atomic E-state index is 0.130. The van der Waals surface area contributed by atoms with Crippen molar-refractivity contribution in [2.45, 2.75) is 19.9 Å². The van der Waals surface area contributed by atoms with Crippen LogP contribution in [0.4, 0.5) is 24.5 Å². The van der Waals surface area contributed by atoms with Gasteiger partial charge < -0.3 is 10.2 Å². The van der Waals surface area contributed by atoms with Crippen molar-refractivity contribution in [2.24, 2.45) is 0 Å². The van der Waals surface area contributed by atoms with Crippen LogP contribution in [0.3, 0.4) is 0 Å². The summed E-state index contributed by atoms with van der Waals surface area (Å²) in [5.74, 6) is -0.650. The minimum atomic E-state index is -2.71. The first-order valence-electron chi connectivity index (χ1n) is 9.31. The van der Waals surface area contributed by atoms with Gasteiger partial charge in [0.05, 0.1) is 18.4 Å². The van der Waals surface area contributed by atoms with Crippen molar-refractivity contribution in [3.8, 4) is 0 Å². The molecule has 1 aromatic heterocycles. The Bertz CT molecular complexity index is 977. The predicted octanol–water partition coefficient (Wildman–Crippen LogP) is 2.37. The molecule has 1 aliphatic rings. The molecule has 1 aliphatic heterocycles. The zero-order chi connectivity index (χ0) is 21.8. The number of anilines is 2. The van der Waals surface area contributed by atoms with Crippen molar-refractivity contribution < 1.29 is 18.0 Å². The molecule has 2 aromatic rings. The molecule has 0 radical (unpaired) electrons. The van der Waals surface area contributed by atoms with E-state index in [1.807, 2.05) is 9.80 Å². The van der Waals surface area contributed by atoms with E-state index in [1.165, 1.54) is 12.3 Å². The van der Waals surface area contributed by atoms with Gasteiger partial charge >= 0.3 is 0 Å². The van der Waals surface area contributed by atoms with E-state index in [4.69, 9.17) is 11.6 Å². The fourth-order valence-electron chi connectivity index (χ4n) is 3.16. The lowest BCUT2D eigenvalue weighted by atomic mass is 10.2. The van der Waals surface area contributed by atoms with Crippen LogP contribution in [0.25, 0.3) is 0 Å². The van der Waals surface area contributed by atoms with Gasteiger partial charge in [0.15, 0.2) is 0 Å². The Morgan fingerprint density at radius 2 is 1.97 bits per heavy atom. The standard InChI is InChI=1S/C19H21ClF3N5O2/c1-12-2-3-13(8-14(12)21)25-17(29)11-26-4-6-27(7-5-26)15-9-24-28(10-16(22)23)19(30)18(15)20/h2-3,8-9,16H,4-7,10-11H2,1H3,(H,25,29). The molecule has 0 spiro atoms. The summed E-state index contributed by atoms with van der Waals surface area (Å²) in [7, 11) is 0. The number of amides is 1. The first-order chi connectivity index (χ1) is 14.2. The number of rotatable bonds is 6. The molecule has 0 bridgehead atoms. The van der Waals surface area contributed by atoms with Crippen LogP contribution >= 0.6 is 11.6 Å². The SMILES string of the molecule is Cc1ccc(NC(=O)CN2CCN(c3cnn(CC(F)F)c(=O)c3Cl)CC2)cc1F. The highest BCUT2D eigenvalue weighted by Crippen LogP contribution is 2.22. The number of hydrogen-bond donors (Lipinski definition) is 1. The normalized spacial score (nSPS) is 14.9. The third kappa shape index (κ3) is 5.31. The van der Waals surface area contributed by atoms with Gasteiger partial charge in [0.25, 0.3) is 12.0 Å². The molecule has 30 heavy (non-hydrogen) atoms. The molecule has 3 rings (SSSR count). The zero-order valence-electron chi connectivity index (χ0n) is 16.2. The maximum atomic E-state index is 13.6. The van der Waals surface area contributed by atoms with Crippen molar-refractivity contribution in [3.05, 3.63) is 51.2 Å². The molecule has 0 unspecified atom stereocenters. The molecular weight excluding hydrogens is 423 g/mol. The lowest BCUT2D eigenvalue weighted by Gasteiger charge is -2.35. The van der Waals surface area contributed by atoms with E-state index < -0.39 is 18.5 Å². The van der Waals surface area contributed by atoms with Gasteiger partial charge in [-0.05, 0) is 24.6 Å². The fraction of sp³-hybridized carbons (Fsp3) is 0.421. The summed E-state index contributed by atoms with van der Waals surface area (Å²) < 4.78 is 39.2. The van der Waals surface area contributed by atoms with Gasteiger partial charge in [-0.2, -0.15) is 5.10 Å². The summed E-state index contributed by atoms with van der Waals surface area (Å²) in [6, 6.07) is 4.51. The highest BCUT2D eigenvalue weighted by atomic mass is 35.5. The molecule has 0 saturated carbocycles. The number of halogens is 4. The fourth-order valence-corrected chi connectivity index (χ4v) is 3.42. The van der Waals surface area contributed by atoms with Gasteiger partial charge in [-0.3, -0.25) is 14.5 Å². The smallest absolute Gasteiger partial charge is 0.287 e. The Labute approximate surface area is 176 Å². The number of hydrogen-bond acceptors (Lipinski definition) is 5. The lowest BCUT2D eigenvalue weighted by Crippen LogP contribution is -2.49. The molecule has 1 saturated heterocycles. The molecular formula is C19H21ClF3N5O2. The van der Waals surface area contributed by atoms with E-state index in [2.05, 4.69) is 10.4 Å². The average Bonchev–Trinajstić information content (AvgIpc) is 2.69. The Morgan fingerprint density at radius 3 is 2.60 bits per heavy atom. The third-order valence-corrected chi connectivity index (χ3v) is 5.17. The molecule has 1 amide bonds. The van der Waals surface area contributed by atoms with E-state index in [0.29, 0.717) is 47.8 Å². The first-order valence-corrected chi connectivity index (χ1v) is 9.69. The number of carbonyl (C=O) groups excluding carboxylic acids is 1. The zero-order valence-corrected chi connectivity index (χ0v) is 17.0. The van der Waals surface area contributed by atoms with Crippen LogP contribution in [0.2, 0.25) is 5.02 Å². The van der Waals surface area contributed by atoms with Crippen molar-refractivity contribution in [1.29, 1.82) is 0 Å². The molecule has 1 N–H and O–H groups in total. The van der Waals surface area contributed by atoms with Crippen LogP contribution in [0.5, 0.6) is 0 Å². The monoisotopic (exact) mass is 443 g/mol. The number of nitrogens with one attached hydrogen (secondary N) is 1. The Kier molecular flexibility index (Phi) is 6.99.